The molecule has 0 N–H and O–H groups in total. The van der Waals surface area contributed by atoms with E-state index in [0.717, 1.165) is 18.8 Å². The quantitative estimate of drug-likeness (QED) is 0.766. The Balaban J connectivity index is 2.02. The first-order chi connectivity index (χ1) is 9.95. The molecule has 1 aliphatic rings. The van der Waals surface area contributed by atoms with Crippen molar-refractivity contribution in [2.45, 2.75) is 45.1 Å². The highest BCUT2D eigenvalue weighted by molar-refractivity contribution is 5.30. The third kappa shape index (κ3) is 4.16. The maximum Gasteiger partial charge on any atom is 0.248 e. The van der Waals surface area contributed by atoms with Crippen LogP contribution in [0.5, 0.6) is 5.75 Å². The molecule has 21 heavy (non-hydrogen) atoms. The molecule has 0 aromatic heterocycles. The predicted octanol–water partition coefficient (Wildman–Crippen LogP) is 4.51. The van der Waals surface area contributed by atoms with Gasteiger partial charge in [0.05, 0.1) is 7.11 Å². The van der Waals surface area contributed by atoms with E-state index in [4.69, 9.17) is 4.74 Å². The Hall–Kier alpha value is -1.16. The van der Waals surface area contributed by atoms with Crippen LogP contribution in [0.1, 0.15) is 44.7 Å². The van der Waals surface area contributed by atoms with Crippen LogP contribution in [-0.2, 0) is 0 Å². The predicted molar refractivity (Wildman–Crippen MR) is 80.9 cm³/mol. The van der Waals surface area contributed by atoms with Gasteiger partial charge in [-0.15, -0.1) is 0 Å². The van der Waals surface area contributed by atoms with Gasteiger partial charge in [0, 0.05) is 25.4 Å². The van der Waals surface area contributed by atoms with Crippen molar-refractivity contribution < 1.29 is 13.5 Å². The molecule has 1 aromatic carbocycles. The summed E-state index contributed by atoms with van der Waals surface area (Å²) >= 11 is 0. The molecule has 4 heteroatoms. The topological polar surface area (TPSA) is 12.5 Å². The number of nitrogens with zero attached hydrogens (tertiary/aromatic N) is 1. The Bertz CT molecular complexity index is 464. The van der Waals surface area contributed by atoms with Gasteiger partial charge >= 0.3 is 0 Å². The first-order valence-electron chi connectivity index (χ1n) is 7.71. The molecule has 0 saturated heterocycles. The number of hydrogen-bond acceptors (Lipinski definition) is 2. The van der Waals surface area contributed by atoms with E-state index >= 15 is 0 Å². The summed E-state index contributed by atoms with van der Waals surface area (Å²) < 4.78 is 31.9. The van der Waals surface area contributed by atoms with E-state index in [1.807, 2.05) is 18.2 Å². The average Bonchev–Trinajstić information content (AvgIpc) is 2.83. The van der Waals surface area contributed by atoms with E-state index in [2.05, 4.69) is 24.8 Å². The second kappa shape index (κ2) is 6.73. The summed E-state index contributed by atoms with van der Waals surface area (Å²) in [6.07, 6.45) is 0.714. The summed E-state index contributed by atoms with van der Waals surface area (Å²) in [5.41, 5.74) is 1.17. The van der Waals surface area contributed by atoms with E-state index in [9.17, 15) is 8.78 Å². The molecule has 0 aliphatic heterocycles. The number of ether oxygens (including phenoxy) is 1. The van der Waals surface area contributed by atoms with Gasteiger partial charge in [-0.25, -0.2) is 8.78 Å². The van der Waals surface area contributed by atoms with Gasteiger partial charge in [0.2, 0.25) is 5.92 Å². The normalized spacial score (nSPS) is 22.5. The highest BCUT2D eigenvalue weighted by atomic mass is 19.3. The van der Waals surface area contributed by atoms with Gasteiger partial charge in [0.1, 0.15) is 5.75 Å². The molecule has 1 fully saturated rings. The molecule has 1 saturated carbocycles. The monoisotopic (exact) mass is 297 g/mol. The lowest BCUT2D eigenvalue weighted by Gasteiger charge is -2.30. The standard InChI is InChI=1S/C17H25F2NO/c1-4-20(12-14-8-9-17(18,19)11-14)13(2)15-6-5-7-16(10-15)21-3/h5-7,10,13-14H,4,8-9,11-12H2,1-3H3. The van der Waals surface area contributed by atoms with Gasteiger partial charge in [-0.1, -0.05) is 19.1 Å². The molecular weight excluding hydrogens is 272 g/mol. The summed E-state index contributed by atoms with van der Waals surface area (Å²) in [5.74, 6) is -1.51. The van der Waals surface area contributed by atoms with Crippen LogP contribution >= 0.6 is 0 Å². The minimum atomic E-state index is -2.46. The van der Waals surface area contributed by atoms with Gasteiger partial charge in [-0.05, 0) is 43.5 Å². The van der Waals surface area contributed by atoms with Crippen LogP contribution in [0.3, 0.4) is 0 Å². The van der Waals surface area contributed by atoms with Gasteiger partial charge in [0.25, 0.3) is 0 Å². The van der Waals surface area contributed by atoms with E-state index < -0.39 is 5.92 Å². The molecule has 1 aliphatic carbocycles. The lowest BCUT2D eigenvalue weighted by Crippen LogP contribution is -2.31. The van der Waals surface area contributed by atoms with E-state index in [1.54, 1.807) is 7.11 Å². The van der Waals surface area contributed by atoms with Crippen LogP contribution in [0, 0.1) is 5.92 Å². The summed E-state index contributed by atoms with van der Waals surface area (Å²) in [5, 5.41) is 0. The Morgan fingerprint density at radius 2 is 2.19 bits per heavy atom. The molecular formula is C17H25F2NO. The van der Waals surface area contributed by atoms with Crippen molar-refractivity contribution in [2.24, 2.45) is 5.92 Å². The molecule has 118 valence electrons. The molecule has 2 nitrogen and oxygen atoms in total. The smallest absolute Gasteiger partial charge is 0.248 e. The van der Waals surface area contributed by atoms with Crippen LogP contribution in [0.25, 0.3) is 0 Å². The van der Waals surface area contributed by atoms with Gasteiger partial charge in [0.15, 0.2) is 0 Å². The zero-order chi connectivity index (χ0) is 15.5. The highest BCUT2D eigenvalue weighted by Gasteiger charge is 2.40. The summed E-state index contributed by atoms with van der Waals surface area (Å²) in [6.45, 7) is 5.82. The number of alkyl halides is 2. The van der Waals surface area contributed by atoms with Crippen LogP contribution in [0.2, 0.25) is 0 Å². The van der Waals surface area contributed by atoms with Crippen molar-refractivity contribution >= 4 is 0 Å². The molecule has 2 atom stereocenters. The van der Waals surface area contributed by atoms with E-state index in [0.29, 0.717) is 6.42 Å². The van der Waals surface area contributed by atoms with E-state index in [-0.39, 0.29) is 24.8 Å². The van der Waals surface area contributed by atoms with Crippen molar-refractivity contribution in [3.8, 4) is 5.75 Å². The molecule has 2 unspecified atom stereocenters. The number of methoxy groups -OCH3 is 1. The molecule has 0 radical (unpaired) electrons. The largest absolute Gasteiger partial charge is 0.497 e. The first kappa shape index (κ1) is 16.2. The second-order valence-corrected chi connectivity index (χ2v) is 6.00. The number of hydrogen-bond donors (Lipinski definition) is 0. The number of rotatable bonds is 6. The third-order valence-corrected chi connectivity index (χ3v) is 4.53. The highest BCUT2D eigenvalue weighted by Crippen LogP contribution is 2.40. The molecule has 0 spiro atoms. The van der Waals surface area contributed by atoms with Crippen LogP contribution in [0.4, 0.5) is 8.78 Å². The van der Waals surface area contributed by atoms with Crippen molar-refractivity contribution in [1.82, 2.24) is 4.90 Å². The fourth-order valence-electron chi connectivity index (χ4n) is 3.20. The molecule has 0 bridgehead atoms. The van der Waals surface area contributed by atoms with E-state index in [1.165, 1.54) is 5.56 Å². The van der Waals surface area contributed by atoms with Gasteiger partial charge in [-0.2, -0.15) is 0 Å². The summed E-state index contributed by atoms with van der Waals surface area (Å²) in [7, 11) is 1.65. The lowest BCUT2D eigenvalue weighted by molar-refractivity contribution is 0.00285. The fourth-order valence-corrected chi connectivity index (χ4v) is 3.20. The lowest BCUT2D eigenvalue weighted by atomic mass is 10.0. The average molecular weight is 297 g/mol. The molecule has 2 rings (SSSR count). The van der Waals surface area contributed by atoms with Gasteiger partial charge in [-0.3, -0.25) is 4.90 Å². The third-order valence-electron chi connectivity index (χ3n) is 4.53. The first-order valence-corrected chi connectivity index (χ1v) is 7.71. The number of halogens is 2. The Morgan fingerprint density at radius 1 is 1.43 bits per heavy atom. The van der Waals surface area contributed by atoms with Crippen LogP contribution in [0.15, 0.2) is 24.3 Å². The molecule has 1 aromatic rings. The molecule has 0 heterocycles. The zero-order valence-corrected chi connectivity index (χ0v) is 13.1. The Kier molecular flexibility index (Phi) is 5.20. The van der Waals surface area contributed by atoms with Gasteiger partial charge < -0.3 is 4.74 Å². The zero-order valence-electron chi connectivity index (χ0n) is 13.1. The van der Waals surface area contributed by atoms with Crippen LogP contribution in [-0.4, -0.2) is 31.0 Å². The second-order valence-electron chi connectivity index (χ2n) is 6.00. The summed E-state index contributed by atoms with van der Waals surface area (Å²) in [4.78, 5) is 2.28. The Morgan fingerprint density at radius 3 is 2.76 bits per heavy atom. The van der Waals surface area contributed by atoms with Crippen molar-refractivity contribution in [3.63, 3.8) is 0 Å². The van der Waals surface area contributed by atoms with Crippen molar-refractivity contribution in [1.29, 1.82) is 0 Å². The maximum atomic E-state index is 13.3. The minimum Gasteiger partial charge on any atom is -0.497 e. The Labute approximate surface area is 126 Å². The minimum absolute atomic E-state index is 0.0360. The number of benzene rings is 1. The maximum absolute atomic E-state index is 13.3. The fraction of sp³-hybridized carbons (Fsp3) is 0.647. The SMILES string of the molecule is CCN(CC1CCC(F)(F)C1)C(C)c1cccc(OC)c1. The van der Waals surface area contributed by atoms with Crippen LogP contribution < -0.4 is 4.74 Å². The van der Waals surface area contributed by atoms with Crippen molar-refractivity contribution in [3.05, 3.63) is 29.8 Å². The molecule has 0 amide bonds. The van der Waals surface area contributed by atoms with Crippen molar-refractivity contribution in [2.75, 3.05) is 20.2 Å². The summed E-state index contributed by atoms with van der Waals surface area (Å²) in [6, 6.07) is 8.20.